The molecular weight excluding hydrogens is 286 g/mol. The molecule has 4 heteroatoms. The first-order chi connectivity index (χ1) is 11.0. The molecule has 0 bridgehead atoms. The van der Waals surface area contributed by atoms with Gasteiger partial charge in [-0.1, -0.05) is 51.1 Å². The van der Waals surface area contributed by atoms with Crippen LogP contribution in [0.3, 0.4) is 0 Å². The van der Waals surface area contributed by atoms with Crippen molar-refractivity contribution in [2.45, 2.75) is 39.8 Å². The second-order valence-electron chi connectivity index (χ2n) is 7.02. The summed E-state index contributed by atoms with van der Waals surface area (Å²) in [5.74, 6) is 0.877. The van der Waals surface area contributed by atoms with E-state index in [1.807, 2.05) is 18.7 Å². The Morgan fingerprint density at radius 3 is 2.65 bits per heavy atom. The van der Waals surface area contributed by atoms with Gasteiger partial charge in [-0.3, -0.25) is 9.69 Å². The zero-order chi connectivity index (χ0) is 16.8. The van der Waals surface area contributed by atoms with Crippen LogP contribution in [0, 0.1) is 11.8 Å². The van der Waals surface area contributed by atoms with E-state index in [9.17, 15) is 4.79 Å². The van der Waals surface area contributed by atoms with E-state index in [4.69, 9.17) is 5.73 Å². The summed E-state index contributed by atoms with van der Waals surface area (Å²) in [6.45, 7) is 11.0. The predicted octanol–water partition coefficient (Wildman–Crippen LogP) is 2.34. The Morgan fingerprint density at radius 1 is 1.35 bits per heavy atom. The highest BCUT2D eigenvalue weighted by Crippen LogP contribution is 2.20. The molecule has 128 valence electrons. The van der Waals surface area contributed by atoms with E-state index in [0.29, 0.717) is 5.92 Å². The second-order valence-corrected chi connectivity index (χ2v) is 7.02. The first-order valence-electron chi connectivity index (χ1n) is 8.82. The van der Waals surface area contributed by atoms with Crippen molar-refractivity contribution in [2.75, 3.05) is 26.2 Å². The van der Waals surface area contributed by atoms with Crippen molar-refractivity contribution in [1.82, 2.24) is 9.80 Å². The third-order valence-electron chi connectivity index (χ3n) is 4.81. The Kier molecular flexibility index (Phi) is 6.60. The topological polar surface area (TPSA) is 49.6 Å². The minimum absolute atomic E-state index is 0.119. The summed E-state index contributed by atoms with van der Waals surface area (Å²) >= 11 is 0. The molecule has 1 heterocycles. The summed E-state index contributed by atoms with van der Waals surface area (Å²) in [5.41, 5.74) is 7.36. The van der Waals surface area contributed by atoms with Gasteiger partial charge in [-0.25, -0.2) is 0 Å². The SMILES string of the molecule is CCN(Cc1ccccc1)CC1CCN(C(=O)[C@@H](N)C(C)C)C1. The van der Waals surface area contributed by atoms with Gasteiger partial charge in [0.05, 0.1) is 6.04 Å². The number of hydrogen-bond acceptors (Lipinski definition) is 3. The van der Waals surface area contributed by atoms with Gasteiger partial charge in [0.25, 0.3) is 0 Å². The lowest BCUT2D eigenvalue weighted by atomic mass is 10.0. The molecule has 0 saturated carbocycles. The molecule has 0 spiro atoms. The molecule has 1 aromatic carbocycles. The van der Waals surface area contributed by atoms with E-state index in [-0.39, 0.29) is 17.9 Å². The molecule has 1 amide bonds. The van der Waals surface area contributed by atoms with Crippen LogP contribution < -0.4 is 5.73 Å². The van der Waals surface area contributed by atoms with Crippen LogP contribution in [0.4, 0.5) is 0 Å². The molecule has 0 aromatic heterocycles. The van der Waals surface area contributed by atoms with Crippen molar-refractivity contribution < 1.29 is 4.79 Å². The zero-order valence-corrected chi connectivity index (χ0v) is 14.7. The van der Waals surface area contributed by atoms with Gasteiger partial charge >= 0.3 is 0 Å². The van der Waals surface area contributed by atoms with Gasteiger partial charge in [0.2, 0.25) is 5.91 Å². The molecule has 2 rings (SSSR count). The minimum atomic E-state index is -0.361. The van der Waals surface area contributed by atoms with E-state index >= 15 is 0 Å². The molecule has 1 saturated heterocycles. The number of amides is 1. The van der Waals surface area contributed by atoms with E-state index in [0.717, 1.165) is 39.1 Å². The van der Waals surface area contributed by atoms with Crippen LogP contribution in [0.1, 0.15) is 32.8 Å². The zero-order valence-electron chi connectivity index (χ0n) is 14.7. The molecule has 1 unspecified atom stereocenters. The fourth-order valence-corrected chi connectivity index (χ4v) is 3.19. The van der Waals surface area contributed by atoms with Crippen LogP contribution in [0.25, 0.3) is 0 Å². The summed E-state index contributed by atoms with van der Waals surface area (Å²) in [7, 11) is 0. The van der Waals surface area contributed by atoms with Gasteiger partial charge in [-0.2, -0.15) is 0 Å². The van der Waals surface area contributed by atoms with E-state index in [2.05, 4.69) is 42.2 Å². The first-order valence-corrected chi connectivity index (χ1v) is 8.82. The molecular formula is C19H31N3O. The lowest BCUT2D eigenvalue weighted by Crippen LogP contribution is -2.45. The number of nitrogens with zero attached hydrogens (tertiary/aromatic N) is 2. The largest absolute Gasteiger partial charge is 0.341 e. The number of carbonyl (C=O) groups excluding carboxylic acids is 1. The minimum Gasteiger partial charge on any atom is -0.341 e. The number of rotatable bonds is 7. The Balaban J connectivity index is 1.85. The normalized spacial score (nSPS) is 19.6. The van der Waals surface area contributed by atoms with Crippen LogP contribution >= 0.6 is 0 Å². The smallest absolute Gasteiger partial charge is 0.239 e. The fraction of sp³-hybridized carbons (Fsp3) is 0.632. The highest BCUT2D eigenvalue weighted by Gasteiger charge is 2.31. The van der Waals surface area contributed by atoms with Gasteiger partial charge in [-0.05, 0) is 30.4 Å². The quantitative estimate of drug-likeness (QED) is 0.840. The van der Waals surface area contributed by atoms with Gasteiger partial charge in [-0.15, -0.1) is 0 Å². The van der Waals surface area contributed by atoms with Crippen LogP contribution in [0.15, 0.2) is 30.3 Å². The molecule has 1 aliphatic heterocycles. The number of benzene rings is 1. The van der Waals surface area contributed by atoms with Gasteiger partial charge in [0, 0.05) is 26.2 Å². The van der Waals surface area contributed by atoms with E-state index in [1.165, 1.54) is 5.56 Å². The molecule has 1 fully saturated rings. The predicted molar refractivity (Wildman–Crippen MR) is 94.9 cm³/mol. The third kappa shape index (κ3) is 5.05. The summed E-state index contributed by atoms with van der Waals surface area (Å²) in [6.07, 6.45) is 1.09. The summed E-state index contributed by atoms with van der Waals surface area (Å²) in [5, 5.41) is 0. The maximum Gasteiger partial charge on any atom is 0.239 e. The van der Waals surface area contributed by atoms with Gasteiger partial charge in [0.1, 0.15) is 0 Å². The van der Waals surface area contributed by atoms with Gasteiger partial charge in [0.15, 0.2) is 0 Å². The van der Waals surface area contributed by atoms with Gasteiger partial charge < -0.3 is 10.6 Å². The Morgan fingerprint density at radius 2 is 2.04 bits per heavy atom. The molecule has 2 atom stereocenters. The highest BCUT2D eigenvalue weighted by molar-refractivity contribution is 5.82. The summed E-state index contributed by atoms with van der Waals surface area (Å²) in [6, 6.07) is 10.2. The fourth-order valence-electron chi connectivity index (χ4n) is 3.19. The molecule has 0 aliphatic carbocycles. The lowest BCUT2D eigenvalue weighted by molar-refractivity contribution is -0.132. The summed E-state index contributed by atoms with van der Waals surface area (Å²) in [4.78, 5) is 16.8. The number of nitrogens with two attached hydrogens (primary N) is 1. The molecule has 1 aliphatic rings. The summed E-state index contributed by atoms with van der Waals surface area (Å²) < 4.78 is 0. The average molecular weight is 317 g/mol. The van der Waals surface area contributed by atoms with Crippen molar-refractivity contribution in [3.63, 3.8) is 0 Å². The first kappa shape index (κ1) is 18.0. The monoisotopic (exact) mass is 317 g/mol. The number of likely N-dealkylation sites (tertiary alicyclic amines) is 1. The molecule has 23 heavy (non-hydrogen) atoms. The van der Waals surface area contributed by atoms with Crippen molar-refractivity contribution >= 4 is 5.91 Å². The van der Waals surface area contributed by atoms with Crippen molar-refractivity contribution in [3.8, 4) is 0 Å². The standard InChI is InChI=1S/C19H31N3O/c1-4-21(12-16-8-6-5-7-9-16)13-17-10-11-22(14-17)19(23)18(20)15(2)3/h5-9,15,17-18H,4,10-14,20H2,1-3H3/t17?,18-/m0/s1. The molecule has 1 aromatic rings. The molecule has 2 N–H and O–H groups in total. The number of hydrogen-bond donors (Lipinski definition) is 1. The maximum atomic E-state index is 12.4. The van der Waals surface area contributed by atoms with Crippen molar-refractivity contribution in [3.05, 3.63) is 35.9 Å². The Hall–Kier alpha value is -1.39. The second kappa shape index (κ2) is 8.46. The van der Waals surface area contributed by atoms with Crippen LogP contribution in [-0.2, 0) is 11.3 Å². The average Bonchev–Trinajstić information content (AvgIpc) is 3.02. The lowest BCUT2D eigenvalue weighted by Gasteiger charge is -2.26. The maximum absolute atomic E-state index is 12.4. The third-order valence-corrected chi connectivity index (χ3v) is 4.81. The van der Waals surface area contributed by atoms with Crippen molar-refractivity contribution in [2.24, 2.45) is 17.6 Å². The van der Waals surface area contributed by atoms with Crippen LogP contribution in [0.5, 0.6) is 0 Å². The Labute approximate surface area is 140 Å². The van der Waals surface area contributed by atoms with Crippen LogP contribution in [-0.4, -0.2) is 47.9 Å². The van der Waals surface area contributed by atoms with Crippen molar-refractivity contribution in [1.29, 1.82) is 0 Å². The molecule has 0 radical (unpaired) electrons. The highest BCUT2D eigenvalue weighted by atomic mass is 16.2. The Bertz CT molecular complexity index is 489. The van der Waals surface area contributed by atoms with E-state index in [1.54, 1.807) is 0 Å². The van der Waals surface area contributed by atoms with E-state index < -0.39 is 0 Å². The van der Waals surface area contributed by atoms with Crippen LogP contribution in [0.2, 0.25) is 0 Å². The number of carbonyl (C=O) groups is 1. The molecule has 4 nitrogen and oxygen atoms in total.